The van der Waals surface area contributed by atoms with Crippen LogP contribution in [0.2, 0.25) is 0 Å². The van der Waals surface area contributed by atoms with Gasteiger partial charge in [0.05, 0.1) is 0 Å². The average Bonchev–Trinajstić information content (AvgIpc) is 3.07. The summed E-state index contributed by atoms with van der Waals surface area (Å²) in [5, 5.41) is 2.51. The van der Waals surface area contributed by atoms with Gasteiger partial charge in [0.1, 0.15) is 11.7 Å². The van der Waals surface area contributed by atoms with E-state index in [-0.39, 0.29) is 0 Å². The minimum atomic E-state index is 1.18. The Bertz CT molecular complexity index is 960. The molecule has 0 aliphatic carbocycles. The molecule has 0 aliphatic rings. The van der Waals surface area contributed by atoms with E-state index in [1.807, 2.05) is 11.3 Å². The fourth-order valence-corrected chi connectivity index (χ4v) is 3.71. The predicted molar refractivity (Wildman–Crippen MR) is 90.2 cm³/mol. The molecule has 1 N–H and O–H groups in total. The predicted octanol–water partition coefficient (Wildman–Crippen LogP) is 4.38. The third-order valence-electron chi connectivity index (χ3n) is 3.80. The van der Waals surface area contributed by atoms with Crippen LogP contribution in [0.25, 0.3) is 33.3 Å². The number of benzene rings is 2. The number of fused-ring (bicyclic) bond motifs is 2. The van der Waals surface area contributed by atoms with Crippen LogP contribution in [0.4, 0.5) is 0 Å². The Morgan fingerprint density at radius 3 is 2.71 bits per heavy atom. The highest BCUT2D eigenvalue weighted by Gasteiger charge is 2.13. The van der Waals surface area contributed by atoms with E-state index in [1.165, 1.54) is 31.7 Å². The first-order valence-corrected chi connectivity index (χ1v) is 7.76. The Balaban J connectivity index is 1.78. The maximum Gasteiger partial charge on any atom is 0.262 e. The van der Waals surface area contributed by atoms with Crippen LogP contribution >= 0.6 is 11.3 Å². The molecule has 21 heavy (non-hydrogen) atoms. The second-order valence-electron chi connectivity index (χ2n) is 5.09. The zero-order valence-electron chi connectivity index (χ0n) is 11.7. The molecule has 102 valence electrons. The van der Waals surface area contributed by atoms with Crippen LogP contribution in [-0.4, -0.2) is 4.98 Å². The number of hydrogen-bond donors (Lipinski definition) is 1. The van der Waals surface area contributed by atoms with Crippen LogP contribution < -0.4 is 4.57 Å². The number of aromatic nitrogens is 2. The van der Waals surface area contributed by atoms with E-state index < -0.39 is 0 Å². The Morgan fingerprint density at radius 1 is 1.00 bits per heavy atom. The number of rotatable bonds is 2. The van der Waals surface area contributed by atoms with E-state index >= 15 is 0 Å². The molecular formula is C18H15N2S+. The third kappa shape index (κ3) is 2.06. The molecule has 0 amide bonds. The van der Waals surface area contributed by atoms with Crippen molar-refractivity contribution in [2.24, 2.45) is 7.05 Å². The van der Waals surface area contributed by atoms with E-state index in [9.17, 15) is 0 Å². The highest BCUT2D eigenvalue weighted by Crippen LogP contribution is 2.23. The van der Waals surface area contributed by atoms with E-state index in [0.29, 0.717) is 0 Å². The molecular weight excluding hydrogens is 276 g/mol. The lowest BCUT2D eigenvalue weighted by Crippen LogP contribution is -2.28. The number of thiazole rings is 1. The summed E-state index contributed by atoms with van der Waals surface area (Å²) in [7, 11) is 2.12. The molecule has 2 aromatic heterocycles. The van der Waals surface area contributed by atoms with Gasteiger partial charge in [0.25, 0.3) is 5.01 Å². The van der Waals surface area contributed by atoms with Gasteiger partial charge < -0.3 is 4.98 Å². The second-order valence-corrected chi connectivity index (χ2v) is 6.15. The molecule has 0 saturated carbocycles. The van der Waals surface area contributed by atoms with Crippen molar-refractivity contribution in [2.75, 3.05) is 0 Å². The largest absolute Gasteiger partial charge is 0.361 e. The van der Waals surface area contributed by atoms with Crippen LogP contribution in [0.15, 0.2) is 54.7 Å². The van der Waals surface area contributed by atoms with Crippen molar-refractivity contribution in [3.63, 3.8) is 0 Å². The van der Waals surface area contributed by atoms with Crippen LogP contribution in [0.5, 0.6) is 0 Å². The van der Waals surface area contributed by atoms with E-state index in [4.69, 9.17) is 0 Å². The lowest BCUT2D eigenvalue weighted by molar-refractivity contribution is -0.642. The van der Waals surface area contributed by atoms with Gasteiger partial charge in [-0.25, -0.2) is 0 Å². The molecule has 4 rings (SSSR count). The highest BCUT2D eigenvalue weighted by molar-refractivity contribution is 7.18. The number of aromatic amines is 1. The molecule has 2 nitrogen and oxygen atoms in total. The van der Waals surface area contributed by atoms with Crippen LogP contribution in [0, 0.1) is 0 Å². The molecule has 0 bridgehead atoms. The Morgan fingerprint density at radius 2 is 1.81 bits per heavy atom. The van der Waals surface area contributed by atoms with Crippen molar-refractivity contribution in [3.05, 3.63) is 65.3 Å². The molecule has 0 unspecified atom stereocenters. The number of aryl methyl sites for hydroxylation is 1. The van der Waals surface area contributed by atoms with E-state index in [0.717, 1.165) is 0 Å². The minimum Gasteiger partial charge on any atom is -0.361 e. The molecule has 0 saturated heterocycles. The summed E-state index contributed by atoms with van der Waals surface area (Å²) in [6, 6.07) is 16.9. The van der Waals surface area contributed by atoms with Gasteiger partial charge in [0, 0.05) is 34.8 Å². The van der Waals surface area contributed by atoms with Crippen molar-refractivity contribution in [3.8, 4) is 0 Å². The summed E-state index contributed by atoms with van der Waals surface area (Å²) < 4.78 is 3.56. The topological polar surface area (TPSA) is 19.7 Å². The van der Waals surface area contributed by atoms with Gasteiger partial charge in [0.2, 0.25) is 5.52 Å². The smallest absolute Gasteiger partial charge is 0.262 e. The lowest BCUT2D eigenvalue weighted by Gasteiger charge is -1.90. The van der Waals surface area contributed by atoms with Crippen LogP contribution in [0.3, 0.4) is 0 Å². The standard InChI is InChI=1S/C18H14N2S/c1-20-16-8-4-5-9-17(16)21-18(20)11-10-13-12-19-15-7-3-2-6-14(13)15/h2-12H,1H3/p+1. The van der Waals surface area contributed by atoms with Crippen molar-refractivity contribution in [1.29, 1.82) is 0 Å². The number of para-hydroxylation sites is 2. The van der Waals surface area contributed by atoms with E-state index in [2.05, 4.69) is 83.5 Å². The summed E-state index contributed by atoms with van der Waals surface area (Å²) in [5.74, 6) is 0. The van der Waals surface area contributed by atoms with Crippen molar-refractivity contribution >= 4 is 44.6 Å². The first-order chi connectivity index (χ1) is 10.3. The number of nitrogens with one attached hydrogen (secondary N) is 1. The summed E-state index contributed by atoms with van der Waals surface area (Å²) in [5.41, 5.74) is 3.68. The molecule has 0 spiro atoms. The molecule has 2 aromatic carbocycles. The maximum absolute atomic E-state index is 3.31. The third-order valence-corrected chi connectivity index (χ3v) is 4.98. The van der Waals surface area contributed by atoms with Gasteiger partial charge in [-0.2, -0.15) is 4.57 Å². The normalized spacial score (nSPS) is 11.9. The molecule has 0 atom stereocenters. The van der Waals surface area contributed by atoms with E-state index in [1.54, 1.807) is 0 Å². The van der Waals surface area contributed by atoms with Gasteiger partial charge in [-0.1, -0.05) is 41.7 Å². The fourth-order valence-electron chi connectivity index (χ4n) is 2.66. The quantitative estimate of drug-likeness (QED) is 0.529. The summed E-state index contributed by atoms with van der Waals surface area (Å²) in [6.45, 7) is 0. The first kappa shape index (κ1) is 12.4. The average molecular weight is 291 g/mol. The van der Waals surface area contributed by atoms with Crippen molar-refractivity contribution in [1.82, 2.24) is 4.98 Å². The Hall–Kier alpha value is -2.39. The molecule has 3 heteroatoms. The lowest BCUT2D eigenvalue weighted by atomic mass is 10.1. The van der Waals surface area contributed by atoms with Gasteiger partial charge >= 0.3 is 0 Å². The van der Waals surface area contributed by atoms with Crippen molar-refractivity contribution in [2.45, 2.75) is 0 Å². The molecule has 0 aliphatic heterocycles. The molecule has 0 radical (unpaired) electrons. The molecule has 4 aromatic rings. The molecule has 2 heterocycles. The Kier molecular flexibility index (Phi) is 2.86. The fraction of sp³-hybridized carbons (Fsp3) is 0.0556. The van der Waals surface area contributed by atoms with Crippen LogP contribution in [0.1, 0.15) is 10.6 Å². The Labute approximate surface area is 127 Å². The summed E-state index contributed by atoms with van der Waals surface area (Å²) in [6.07, 6.45) is 6.44. The zero-order valence-corrected chi connectivity index (χ0v) is 12.5. The zero-order chi connectivity index (χ0) is 14.2. The summed E-state index contributed by atoms with van der Waals surface area (Å²) >= 11 is 1.82. The minimum absolute atomic E-state index is 1.18. The van der Waals surface area contributed by atoms with Gasteiger partial charge in [0.15, 0.2) is 0 Å². The number of hydrogen-bond acceptors (Lipinski definition) is 1. The maximum atomic E-state index is 3.31. The monoisotopic (exact) mass is 291 g/mol. The number of H-pyrrole nitrogens is 1. The van der Waals surface area contributed by atoms with Crippen molar-refractivity contribution < 1.29 is 4.57 Å². The highest BCUT2D eigenvalue weighted by atomic mass is 32.1. The molecule has 0 fully saturated rings. The van der Waals surface area contributed by atoms with Crippen LogP contribution in [-0.2, 0) is 7.05 Å². The van der Waals surface area contributed by atoms with Gasteiger partial charge in [-0.15, -0.1) is 0 Å². The first-order valence-electron chi connectivity index (χ1n) is 6.95. The SMILES string of the molecule is C[n+]1c(C=Cc2c[nH]c3ccccc23)sc2ccccc21. The van der Waals surface area contributed by atoms with Gasteiger partial charge in [-0.3, -0.25) is 0 Å². The number of nitrogens with zero attached hydrogens (tertiary/aromatic N) is 1. The summed E-state index contributed by atoms with van der Waals surface area (Å²) in [4.78, 5) is 3.31. The second kappa shape index (κ2) is 4.86. The van der Waals surface area contributed by atoms with Gasteiger partial charge in [-0.05, 0) is 18.2 Å².